The molecule has 2 aromatic rings. The fraction of sp³-hybridized carbons (Fsp3) is 0.263. The Bertz CT molecular complexity index is 717. The van der Waals surface area contributed by atoms with Crippen LogP contribution in [0.25, 0.3) is 0 Å². The van der Waals surface area contributed by atoms with E-state index >= 15 is 0 Å². The van der Waals surface area contributed by atoms with Gasteiger partial charge in [-0.1, -0.05) is 23.7 Å². The average molecular weight is 361 g/mol. The molecule has 2 aromatic carbocycles. The molecule has 2 rings (SSSR count). The summed E-state index contributed by atoms with van der Waals surface area (Å²) in [5.41, 5.74) is 1.63. The second kappa shape index (κ2) is 9.69. The number of hydrogen-bond donors (Lipinski definition) is 2. The molecule has 2 amide bonds. The number of amides is 2. The molecule has 0 aromatic heterocycles. The van der Waals surface area contributed by atoms with Gasteiger partial charge in [-0.3, -0.25) is 9.59 Å². The molecular weight excluding hydrogens is 340 g/mol. The number of aryl methyl sites for hydroxylation is 1. The molecule has 0 saturated heterocycles. The van der Waals surface area contributed by atoms with Gasteiger partial charge < -0.3 is 15.4 Å². The third kappa shape index (κ3) is 6.85. The summed E-state index contributed by atoms with van der Waals surface area (Å²) in [4.78, 5) is 23.6. The van der Waals surface area contributed by atoms with Crippen LogP contribution in [0.3, 0.4) is 0 Å². The van der Waals surface area contributed by atoms with Crippen molar-refractivity contribution in [3.8, 4) is 5.75 Å². The molecule has 5 nitrogen and oxygen atoms in total. The second-order valence-electron chi connectivity index (χ2n) is 5.53. The molecule has 0 heterocycles. The normalized spacial score (nSPS) is 10.2. The van der Waals surface area contributed by atoms with E-state index in [9.17, 15) is 9.59 Å². The Labute approximate surface area is 152 Å². The van der Waals surface area contributed by atoms with Gasteiger partial charge in [0.15, 0.2) is 0 Å². The lowest BCUT2D eigenvalue weighted by Crippen LogP contribution is -2.32. The average Bonchev–Trinajstić information content (AvgIpc) is 2.59. The minimum Gasteiger partial charge on any atom is -0.492 e. The number of carbonyl (C=O) groups excluding carboxylic acids is 2. The second-order valence-corrected chi connectivity index (χ2v) is 5.96. The summed E-state index contributed by atoms with van der Waals surface area (Å²) in [5, 5.41) is 6.03. The highest BCUT2D eigenvalue weighted by atomic mass is 35.5. The Hall–Kier alpha value is -2.53. The molecule has 0 aliphatic carbocycles. The predicted octanol–water partition coefficient (Wildman–Crippen LogP) is 2.96. The lowest BCUT2D eigenvalue weighted by molar-refractivity contribution is -0.121. The van der Waals surface area contributed by atoms with E-state index in [1.54, 1.807) is 24.3 Å². The summed E-state index contributed by atoms with van der Waals surface area (Å²) < 4.78 is 5.55. The number of carbonyl (C=O) groups is 2. The van der Waals surface area contributed by atoms with Gasteiger partial charge in [0.25, 0.3) is 5.91 Å². The lowest BCUT2D eigenvalue weighted by Gasteiger charge is -2.09. The molecule has 0 spiro atoms. The standard InChI is InChI=1S/C19H21ClN2O3/c1-14-3-2-4-17(13-14)25-12-11-21-18(23)9-10-22-19(24)15-5-7-16(20)8-6-15/h2-8,13H,9-12H2,1H3,(H,21,23)(H,22,24). The van der Waals surface area contributed by atoms with Crippen molar-refractivity contribution in [1.82, 2.24) is 10.6 Å². The van der Waals surface area contributed by atoms with E-state index in [1.165, 1.54) is 0 Å². The minimum atomic E-state index is -0.229. The topological polar surface area (TPSA) is 67.4 Å². The number of rotatable bonds is 8. The maximum Gasteiger partial charge on any atom is 0.251 e. The molecule has 0 atom stereocenters. The SMILES string of the molecule is Cc1cccc(OCCNC(=O)CCNC(=O)c2ccc(Cl)cc2)c1. The van der Waals surface area contributed by atoms with Crippen molar-refractivity contribution >= 4 is 23.4 Å². The van der Waals surface area contributed by atoms with Gasteiger partial charge in [0, 0.05) is 23.6 Å². The van der Waals surface area contributed by atoms with Gasteiger partial charge >= 0.3 is 0 Å². The maximum atomic E-state index is 11.9. The number of halogens is 1. The molecule has 25 heavy (non-hydrogen) atoms. The first kappa shape index (κ1) is 18.8. The van der Waals surface area contributed by atoms with Gasteiger partial charge in [-0.05, 0) is 48.9 Å². The van der Waals surface area contributed by atoms with Crippen molar-refractivity contribution in [2.45, 2.75) is 13.3 Å². The number of nitrogens with one attached hydrogen (secondary N) is 2. The Morgan fingerprint density at radius 3 is 2.52 bits per heavy atom. The van der Waals surface area contributed by atoms with Crippen molar-refractivity contribution in [2.75, 3.05) is 19.7 Å². The molecule has 0 aliphatic rings. The summed E-state index contributed by atoms with van der Waals surface area (Å²) in [7, 11) is 0. The van der Waals surface area contributed by atoms with Crippen LogP contribution in [0.15, 0.2) is 48.5 Å². The molecule has 132 valence electrons. The third-order valence-corrected chi connectivity index (χ3v) is 3.68. The van der Waals surface area contributed by atoms with Crippen LogP contribution in [0.4, 0.5) is 0 Å². The molecular formula is C19H21ClN2O3. The van der Waals surface area contributed by atoms with Crippen molar-refractivity contribution in [1.29, 1.82) is 0 Å². The highest BCUT2D eigenvalue weighted by Gasteiger charge is 2.06. The van der Waals surface area contributed by atoms with Crippen LogP contribution < -0.4 is 15.4 Å². The Morgan fingerprint density at radius 1 is 1.04 bits per heavy atom. The summed E-state index contributed by atoms with van der Waals surface area (Å²) in [6.07, 6.45) is 0.212. The third-order valence-electron chi connectivity index (χ3n) is 3.43. The van der Waals surface area contributed by atoms with E-state index in [0.717, 1.165) is 11.3 Å². The summed E-state index contributed by atoms with van der Waals surface area (Å²) >= 11 is 5.77. The van der Waals surface area contributed by atoms with E-state index in [-0.39, 0.29) is 24.8 Å². The zero-order chi connectivity index (χ0) is 18.1. The first-order valence-corrected chi connectivity index (χ1v) is 8.42. The van der Waals surface area contributed by atoms with Crippen LogP contribution >= 0.6 is 11.6 Å². The van der Waals surface area contributed by atoms with E-state index < -0.39 is 0 Å². The van der Waals surface area contributed by atoms with Gasteiger partial charge in [0.1, 0.15) is 12.4 Å². The molecule has 0 unspecified atom stereocenters. The molecule has 0 saturated carbocycles. The Kier molecular flexibility index (Phi) is 7.29. The number of hydrogen-bond acceptors (Lipinski definition) is 3. The fourth-order valence-electron chi connectivity index (χ4n) is 2.15. The summed E-state index contributed by atoms with van der Waals surface area (Å²) in [5.74, 6) is 0.418. The van der Waals surface area contributed by atoms with Crippen molar-refractivity contribution in [2.24, 2.45) is 0 Å². The smallest absolute Gasteiger partial charge is 0.251 e. The van der Waals surface area contributed by atoms with Crippen LogP contribution in [0.1, 0.15) is 22.3 Å². The quantitative estimate of drug-likeness (QED) is 0.711. The van der Waals surface area contributed by atoms with Crippen molar-refractivity contribution < 1.29 is 14.3 Å². The fourth-order valence-corrected chi connectivity index (χ4v) is 2.27. The lowest BCUT2D eigenvalue weighted by atomic mass is 10.2. The van der Waals surface area contributed by atoms with Gasteiger partial charge in [-0.25, -0.2) is 0 Å². The Morgan fingerprint density at radius 2 is 1.80 bits per heavy atom. The summed E-state index contributed by atoms with van der Waals surface area (Å²) in [6.45, 7) is 3.07. The van der Waals surface area contributed by atoms with E-state index in [2.05, 4.69) is 10.6 Å². The number of ether oxygens (including phenoxy) is 1. The van der Waals surface area contributed by atoms with Gasteiger partial charge in [-0.15, -0.1) is 0 Å². The number of benzene rings is 2. The van der Waals surface area contributed by atoms with E-state index in [4.69, 9.17) is 16.3 Å². The van der Waals surface area contributed by atoms with Crippen LogP contribution in [0.5, 0.6) is 5.75 Å². The largest absolute Gasteiger partial charge is 0.492 e. The first-order valence-electron chi connectivity index (χ1n) is 8.04. The molecule has 2 N–H and O–H groups in total. The molecule has 6 heteroatoms. The molecule has 0 bridgehead atoms. The molecule has 0 fully saturated rings. The highest BCUT2D eigenvalue weighted by Crippen LogP contribution is 2.11. The maximum absolute atomic E-state index is 11.9. The first-order chi connectivity index (χ1) is 12.0. The monoisotopic (exact) mass is 360 g/mol. The van der Waals surface area contributed by atoms with Crippen LogP contribution in [0.2, 0.25) is 5.02 Å². The zero-order valence-corrected chi connectivity index (χ0v) is 14.8. The van der Waals surface area contributed by atoms with Crippen molar-refractivity contribution in [3.63, 3.8) is 0 Å². The van der Waals surface area contributed by atoms with Gasteiger partial charge in [0.2, 0.25) is 5.91 Å². The predicted molar refractivity (Wildman–Crippen MR) is 98.1 cm³/mol. The van der Waals surface area contributed by atoms with Crippen LogP contribution in [-0.4, -0.2) is 31.5 Å². The molecule has 0 aliphatic heterocycles. The summed E-state index contributed by atoms with van der Waals surface area (Å²) in [6, 6.07) is 14.3. The van der Waals surface area contributed by atoms with Crippen LogP contribution in [0, 0.1) is 6.92 Å². The van der Waals surface area contributed by atoms with E-state index in [1.807, 2.05) is 31.2 Å². The zero-order valence-electron chi connectivity index (χ0n) is 14.0. The van der Waals surface area contributed by atoms with Gasteiger partial charge in [-0.2, -0.15) is 0 Å². The highest BCUT2D eigenvalue weighted by molar-refractivity contribution is 6.30. The van der Waals surface area contributed by atoms with Crippen LogP contribution in [-0.2, 0) is 4.79 Å². The molecule has 0 radical (unpaired) electrons. The Balaban J connectivity index is 1.59. The minimum absolute atomic E-state index is 0.135. The van der Waals surface area contributed by atoms with Crippen molar-refractivity contribution in [3.05, 3.63) is 64.7 Å². The van der Waals surface area contributed by atoms with E-state index in [0.29, 0.717) is 23.7 Å². The van der Waals surface area contributed by atoms with Gasteiger partial charge in [0.05, 0.1) is 6.54 Å².